The number of rotatable bonds is 7. The first-order valence-corrected chi connectivity index (χ1v) is 11.4. The summed E-state index contributed by atoms with van der Waals surface area (Å²) in [7, 11) is 0. The molecule has 0 heterocycles. The van der Waals surface area contributed by atoms with E-state index < -0.39 is 0 Å². The van der Waals surface area contributed by atoms with Crippen molar-refractivity contribution in [3.05, 3.63) is 95.1 Å². The molecular weight excluding hydrogens is 392 g/mol. The average Bonchev–Trinajstić information content (AvgIpc) is 2.79. The second-order valence-electron chi connectivity index (χ2n) is 9.36. The summed E-state index contributed by atoms with van der Waals surface area (Å²) in [6.07, 6.45) is 2.13. The lowest BCUT2D eigenvalue weighted by molar-refractivity contribution is 0.617. The van der Waals surface area contributed by atoms with Crippen molar-refractivity contribution in [1.29, 1.82) is 0 Å². The zero-order valence-electron chi connectivity index (χ0n) is 20.1. The second kappa shape index (κ2) is 11.2. The normalized spacial score (nSPS) is 11.6. The van der Waals surface area contributed by atoms with E-state index in [-0.39, 0.29) is 10.8 Å². The highest BCUT2D eigenvalue weighted by Crippen LogP contribution is 2.37. The first kappa shape index (κ1) is 25.4. The summed E-state index contributed by atoms with van der Waals surface area (Å²) in [6.45, 7) is 10.6. The summed E-state index contributed by atoms with van der Waals surface area (Å²) >= 11 is 0. The molecule has 0 amide bonds. The summed E-state index contributed by atoms with van der Waals surface area (Å²) in [5, 5.41) is 0. The minimum absolute atomic E-state index is 0.0963. The van der Waals surface area contributed by atoms with E-state index in [9.17, 15) is 0 Å². The third-order valence-corrected chi connectivity index (χ3v) is 6.23. The SMILES string of the molecule is CC(C)(c1ccc(N)cc1)c1cccc(C(C)(C)c2ccc(N)cc2)c1.NCCCCN. The topological polar surface area (TPSA) is 104 Å². The fourth-order valence-electron chi connectivity index (χ4n) is 3.72. The van der Waals surface area contributed by atoms with E-state index in [0.29, 0.717) is 0 Å². The van der Waals surface area contributed by atoms with E-state index in [4.69, 9.17) is 22.9 Å². The second-order valence-corrected chi connectivity index (χ2v) is 9.36. The van der Waals surface area contributed by atoms with Gasteiger partial charge in [-0.05, 0) is 72.5 Å². The van der Waals surface area contributed by atoms with Crippen LogP contribution in [0.4, 0.5) is 11.4 Å². The van der Waals surface area contributed by atoms with E-state index >= 15 is 0 Å². The minimum atomic E-state index is -0.0963. The Bertz CT molecular complexity index is 881. The quantitative estimate of drug-likeness (QED) is 0.305. The molecule has 8 N–H and O–H groups in total. The number of unbranched alkanes of at least 4 members (excludes halogenated alkanes) is 1. The van der Waals surface area contributed by atoms with Crippen LogP contribution >= 0.6 is 0 Å². The van der Waals surface area contributed by atoms with Crippen LogP contribution in [0.25, 0.3) is 0 Å². The van der Waals surface area contributed by atoms with Crippen molar-refractivity contribution in [2.45, 2.75) is 51.4 Å². The van der Waals surface area contributed by atoms with Crippen LogP contribution < -0.4 is 22.9 Å². The first-order valence-electron chi connectivity index (χ1n) is 11.4. The van der Waals surface area contributed by atoms with Crippen molar-refractivity contribution in [2.75, 3.05) is 24.6 Å². The predicted molar refractivity (Wildman–Crippen MR) is 140 cm³/mol. The van der Waals surface area contributed by atoms with Gasteiger partial charge in [-0.25, -0.2) is 0 Å². The minimum Gasteiger partial charge on any atom is -0.399 e. The summed E-state index contributed by atoms with van der Waals surface area (Å²) in [6, 6.07) is 25.3. The van der Waals surface area contributed by atoms with E-state index in [1.807, 2.05) is 24.3 Å². The first-order chi connectivity index (χ1) is 15.1. The molecule has 32 heavy (non-hydrogen) atoms. The summed E-state index contributed by atoms with van der Waals surface area (Å²) in [5.74, 6) is 0. The van der Waals surface area contributed by atoms with E-state index in [0.717, 1.165) is 37.3 Å². The molecule has 4 heteroatoms. The molecule has 0 unspecified atom stereocenters. The molecule has 4 nitrogen and oxygen atoms in total. The van der Waals surface area contributed by atoms with Crippen LogP contribution in [0.2, 0.25) is 0 Å². The molecule has 0 aliphatic carbocycles. The molecule has 0 bridgehead atoms. The number of anilines is 2. The molecule has 0 saturated carbocycles. The summed E-state index contributed by atoms with van der Waals surface area (Å²) in [5.41, 5.74) is 28.5. The van der Waals surface area contributed by atoms with Crippen molar-refractivity contribution < 1.29 is 0 Å². The van der Waals surface area contributed by atoms with Gasteiger partial charge in [-0.2, -0.15) is 0 Å². The van der Waals surface area contributed by atoms with Gasteiger partial charge >= 0.3 is 0 Å². The molecule has 0 fully saturated rings. The van der Waals surface area contributed by atoms with Crippen LogP contribution in [0.3, 0.4) is 0 Å². The van der Waals surface area contributed by atoms with Crippen LogP contribution in [-0.4, -0.2) is 13.1 Å². The monoisotopic (exact) mass is 432 g/mol. The van der Waals surface area contributed by atoms with E-state index in [2.05, 4.69) is 76.2 Å². The molecule has 0 aliphatic heterocycles. The van der Waals surface area contributed by atoms with Gasteiger partial charge in [-0.15, -0.1) is 0 Å². The maximum absolute atomic E-state index is 5.86. The van der Waals surface area contributed by atoms with Crippen LogP contribution in [0.15, 0.2) is 72.8 Å². The van der Waals surface area contributed by atoms with Gasteiger partial charge in [0.15, 0.2) is 0 Å². The highest BCUT2D eigenvalue weighted by atomic mass is 14.5. The smallest absolute Gasteiger partial charge is 0.0314 e. The molecule has 3 rings (SSSR count). The Morgan fingerprint density at radius 3 is 1.19 bits per heavy atom. The molecule has 0 atom stereocenters. The largest absolute Gasteiger partial charge is 0.399 e. The predicted octanol–water partition coefficient (Wildman–Crippen LogP) is 5.19. The Kier molecular flexibility index (Phi) is 8.88. The standard InChI is InChI=1S/C24H28N2.C4H12N2/c1-23(2,17-8-12-21(25)13-9-17)19-6-5-7-20(16-19)24(3,4)18-10-14-22(26)15-11-18;5-3-1-2-4-6/h5-16H,25-26H2,1-4H3;1-6H2. The number of nitrogen functional groups attached to an aromatic ring is 2. The molecule has 0 spiro atoms. The van der Waals surface area contributed by atoms with E-state index in [1.165, 1.54) is 22.3 Å². The highest BCUT2D eigenvalue weighted by Gasteiger charge is 2.27. The van der Waals surface area contributed by atoms with Gasteiger partial charge in [0.05, 0.1) is 0 Å². The maximum atomic E-state index is 5.86. The lowest BCUT2D eigenvalue weighted by atomic mass is 9.73. The highest BCUT2D eigenvalue weighted by molar-refractivity contribution is 5.49. The van der Waals surface area contributed by atoms with Crippen molar-refractivity contribution in [3.8, 4) is 0 Å². The molecule has 0 saturated heterocycles. The zero-order chi connectivity index (χ0) is 23.8. The van der Waals surface area contributed by atoms with Crippen molar-refractivity contribution in [3.63, 3.8) is 0 Å². The fourth-order valence-corrected chi connectivity index (χ4v) is 3.72. The van der Waals surface area contributed by atoms with E-state index in [1.54, 1.807) is 0 Å². The lowest BCUT2D eigenvalue weighted by Gasteiger charge is -2.31. The number of nitrogens with two attached hydrogens (primary N) is 4. The van der Waals surface area contributed by atoms with Gasteiger partial charge in [0, 0.05) is 22.2 Å². The van der Waals surface area contributed by atoms with Gasteiger partial charge in [-0.1, -0.05) is 76.2 Å². The Balaban J connectivity index is 0.000000534. The molecule has 0 aromatic heterocycles. The van der Waals surface area contributed by atoms with Gasteiger partial charge in [0.1, 0.15) is 0 Å². The van der Waals surface area contributed by atoms with Crippen LogP contribution in [0.5, 0.6) is 0 Å². The summed E-state index contributed by atoms with van der Waals surface area (Å²) in [4.78, 5) is 0. The number of hydrogen-bond donors (Lipinski definition) is 4. The molecular formula is C28H40N4. The Labute approximate surface area is 194 Å². The van der Waals surface area contributed by atoms with Crippen molar-refractivity contribution in [2.24, 2.45) is 11.5 Å². The molecule has 0 radical (unpaired) electrons. The molecule has 3 aromatic rings. The van der Waals surface area contributed by atoms with Gasteiger partial charge in [0.25, 0.3) is 0 Å². The summed E-state index contributed by atoms with van der Waals surface area (Å²) < 4.78 is 0. The van der Waals surface area contributed by atoms with Crippen molar-refractivity contribution >= 4 is 11.4 Å². The van der Waals surface area contributed by atoms with Crippen LogP contribution in [0, 0.1) is 0 Å². The van der Waals surface area contributed by atoms with Crippen LogP contribution in [-0.2, 0) is 10.8 Å². The Hall–Kier alpha value is -2.82. The number of benzene rings is 3. The zero-order valence-corrected chi connectivity index (χ0v) is 20.1. The average molecular weight is 433 g/mol. The third-order valence-electron chi connectivity index (χ3n) is 6.23. The van der Waals surface area contributed by atoms with Gasteiger partial charge in [-0.3, -0.25) is 0 Å². The van der Waals surface area contributed by atoms with Gasteiger partial charge < -0.3 is 22.9 Å². The molecule has 172 valence electrons. The third kappa shape index (κ3) is 6.35. The molecule has 0 aliphatic rings. The van der Waals surface area contributed by atoms with Crippen LogP contribution in [0.1, 0.15) is 62.8 Å². The maximum Gasteiger partial charge on any atom is 0.0314 e. The van der Waals surface area contributed by atoms with Gasteiger partial charge in [0.2, 0.25) is 0 Å². The van der Waals surface area contributed by atoms with Crippen molar-refractivity contribution in [1.82, 2.24) is 0 Å². The Morgan fingerprint density at radius 2 is 0.875 bits per heavy atom. The fraction of sp³-hybridized carbons (Fsp3) is 0.357. The Morgan fingerprint density at radius 1 is 0.531 bits per heavy atom. The lowest BCUT2D eigenvalue weighted by Crippen LogP contribution is -2.23. The number of hydrogen-bond acceptors (Lipinski definition) is 4. The molecule has 3 aromatic carbocycles.